The molecule has 0 aliphatic carbocycles. The molecule has 2 aromatic rings. The van der Waals surface area contributed by atoms with Crippen LogP contribution in [-0.4, -0.2) is 32.3 Å². The van der Waals surface area contributed by atoms with E-state index in [0.717, 1.165) is 22.9 Å². The summed E-state index contributed by atoms with van der Waals surface area (Å²) in [6.45, 7) is 3.84. The summed E-state index contributed by atoms with van der Waals surface area (Å²) >= 11 is 9.56. The molecule has 2 aromatic carbocycles. The van der Waals surface area contributed by atoms with Gasteiger partial charge in [0, 0.05) is 34.7 Å². The van der Waals surface area contributed by atoms with Gasteiger partial charge in [-0.15, -0.1) is 0 Å². The van der Waals surface area contributed by atoms with Gasteiger partial charge in [-0.3, -0.25) is 4.79 Å². The number of ether oxygens (including phenoxy) is 2. The lowest BCUT2D eigenvalue weighted by Crippen LogP contribution is -2.45. The van der Waals surface area contributed by atoms with E-state index in [1.807, 2.05) is 25.1 Å². The van der Waals surface area contributed by atoms with Crippen molar-refractivity contribution >= 4 is 33.4 Å². The maximum atomic E-state index is 12.3. The summed E-state index contributed by atoms with van der Waals surface area (Å²) in [5.74, 6) is 0.503. The molecule has 0 saturated carbocycles. The molecule has 0 radical (unpaired) electrons. The van der Waals surface area contributed by atoms with E-state index in [1.165, 1.54) is 5.56 Å². The second kappa shape index (κ2) is 9.09. The molecule has 27 heavy (non-hydrogen) atoms. The molecule has 6 heteroatoms. The monoisotopic (exact) mass is 451 g/mol. The van der Waals surface area contributed by atoms with Crippen LogP contribution in [0.5, 0.6) is 5.75 Å². The van der Waals surface area contributed by atoms with Gasteiger partial charge in [0.1, 0.15) is 5.75 Å². The first-order chi connectivity index (χ1) is 13.0. The van der Waals surface area contributed by atoms with Crippen LogP contribution in [-0.2, 0) is 14.9 Å². The summed E-state index contributed by atoms with van der Waals surface area (Å²) in [5.41, 5.74) is 2.02. The molecule has 1 aliphatic heterocycles. The van der Waals surface area contributed by atoms with Crippen LogP contribution in [0.25, 0.3) is 0 Å². The molecule has 1 amide bonds. The highest BCUT2D eigenvalue weighted by Crippen LogP contribution is 2.35. The highest BCUT2D eigenvalue weighted by atomic mass is 79.9. The molecule has 144 valence electrons. The van der Waals surface area contributed by atoms with E-state index >= 15 is 0 Å². The minimum Gasteiger partial charge on any atom is -0.484 e. The smallest absolute Gasteiger partial charge is 0.257 e. The lowest BCUT2D eigenvalue weighted by atomic mass is 9.74. The van der Waals surface area contributed by atoms with Crippen LogP contribution in [0, 0.1) is 6.92 Å². The first-order valence-electron chi connectivity index (χ1n) is 8.98. The molecular formula is C21H23BrClNO3. The predicted octanol–water partition coefficient (Wildman–Crippen LogP) is 4.65. The third kappa shape index (κ3) is 5.24. The van der Waals surface area contributed by atoms with E-state index in [-0.39, 0.29) is 17.9 Å². The number of hydrogen-bond donors (Lipinski definition) is 1. The number of amides is 1. The molecule has 0 aromatic heterocycles. The van der Waals surface area contributed by atoms with Gasteiger partial charge in [0.25, 0.3) is 5.91 Å². The third-order valence-electron chi connectivity index (χ3n) is 5.01. The van der Waals surface area contributed by atoms with Crippen LogP contribution in [0.15, 0.2) is 46.9 Å². The van der Waals surface area contributed by atoms with Crippen molar-refractivity contribution in [3.63, 3.8) is 0 Å². The van der Waals surface area contributed by atoms with Gasteiger partial charge in [-0.25, -0.2) is 0 Å². The number of hydrogen-bond acceptors (Lipinski definition) is 3. The standard InChI is InChI=1S/C21H23BrClNO3/c1-15-11-18(5-6-19(15)23)27-13-20(25)24-14-21(7-9-26-10-8-21)16-3-2-4-17(22)12-16/h2-6,11-12H,7-10,13-14H2,1H3,(H,24,25). The van der Waals surface area contributed by atoms with Crippen LogP contribution in [0.2, 0.25) is 5.02 Å². The van der Waals surface area contributed by atoms with Crippen molar-refractivity contribution in [1.82, 2.24) is 5.32 Å². The molecule has 1 fully saturated rings. The highest BCUT2D eigenvalue weighted by Gasteiger charge is 2.35. The molecule has 0 bridgehead atoms. The zero-order chi connectivity index (χ0) is 19.3. The molecule has 3 rings (SSSR count). The van der Waals surface area contributed by atoms with Crippen molar-refractivity contribution in [1.29, 1.82) is 0 Å². The lowest BCUT2D eigenvalue weighted by Gasteiger charge is -2.38. The fraction of sp³-hybridized carbons (Fsp3) is 0.381. The number of halogens is 2. The number of benzene rings is 2. The van der Waals surface area contributed by atoms with Gasteiger partial charge in [-0.2, -0.15) is 0 Å². The van der Waals surface area contributed by atoms with Gasteiger partial charge in [0.2, 0.25) is 0 Å². The van der Waals surface area contributed by atoms with Gasteiger partial charge >= 0.3 is 0 Å². The zero-order valence-corrected chi connectivity index (χ0v) is 17.6. The van der Waals surface area contributed by atoms with E-state index < -0.39 is 0 Å². The molecule has 1 aliphatic rings. The molecule has 0 atom stereocenters. The average Bonchev–Trinajstić information content (AvgIpc) is 2.68. The molecule has 1 saturated heterocycles. The van der Waals surface area contributed by atoms with E-state index in [1.54, 1.807) is 12.1 Å². The SMILES string of the molecule is Cc1cc(OCC(=O)NCC2(c3cccc(Br)c3)CCOCC2)ccc1Cl. The Balaban J connectivity index is 1.61. The molecule has 0 spiro atoms. The van der Waals surface area contributed by atoms with Crippen molar-refractivity contribution < 1.29 is 14.3 Å². The Bertz CT molecular complexity index is 806. The topological polar surface area (TPSA) is 47.6 Å². The van der Waals surface area contributed by atoms with E-state index in [9.17, 15) is 4.79 Å². The lowest BCUT2D eigenvalue weighted by molar-refractivity contribution is -0.123. The number of nitrogens with one attached hydrogen (secondary N) is 1. The number of carbonyl (C=O) groups excluding carboxylic acids is 1. The van der Waals surface area contributed by atoms with E-state index in [0.29, 0.717) is 30.5 Å². The fourth-order valence-electron chi connectivity index (χ4n) is 3.32. The highest BCUT2D eigenvalue weighted by molar-refractivity contribution is 9.10. The van der Waals surface area contributed by atoms with E-state index in [2.05, 4.69) is 33.4 Å². The van der Waals surface area contributed by atoms with Gasteiger partial charge in [0.15, 0.2) is 6.61 Å². The van der Waals surface area contributed by atoms with Gasteiger partial charge < -0.3 is 14.8 Å². The number of carbonyl (C=O) groups is 1. The first kappa shape index (κ1) is 20.2. The molecule has 4 nitrogen and oxygen atoms in total. The molecular weight excluding hydrogens is 430 g/mol. The Kier molecular flexibility index (Phi) is 6.79. The van der Waals surface area contributed by atoms with Crippen LogP contribution >= 0.6 is 27.5 Å². The number of rotatable bonds is 6. The number of aryl methyl sites for hydroxylation is 1. The summed E-state index contributed by atoms with van der Waals surface area (Å²) < 4.78 is 12.2. The van der Waals surface area contributed by atoms with Crippen molar-refractivity contribution in [3.05, 3.63) is 63.1 Å². The Morgan fingerprint density at radius 3 is 2.74 bits per heavy atom. The minimum absolute atomic E-state index is 0.0217. The minimum atomic E-state index is -0.136. The van der Waals surface area contributed by atoms with Crippen molar-refractivity contribution in [2.45, 2.75) is 25.2 Å². The Labute approximate surface area is 173 Å². The largest absolute Gasteiger partial charge is 0.484 e. The summed E-state index contributed by atoms with van der Waals surface area (Å²) in [6, 6.07) is 13.7. The van der Waals surface area contributed by atoms with Crippen molar-refractivity contribution in [2.75, 3.05) is 26.4 Å². The molecule has 1 N–H and O–H groups in total. The molecule has 0 unspecified atom stereocenters. The van der Waals surface area contributed by atoms with Crippen LogP contribution in [0.3, 0.4) is 0 Å². The van der Waals surface area contributed by atoms with Gasteiger partial charge in [-0.05, 0) is 61.2 Å². The van der Waals surface area contributed by atoms with Crippen LogP contribution in [0.4, 0.5) is 0 Å². The normalized spacial score (nSPS) is 16.0. The first-order valence-corrected chi connectivity index (χ1v) is 10.2. The fourth-order valence-corrected chi connectivity index (χ4v) is 3.84. The second-order valence-corrected chi connectivity index (χ2v) is 8.20. The van der Waals surface area contributed by atoms with Gasteiger partial charge in [0.05, 0.1) is 0 Å². The average molecular weight is 453 g/mol. The summed E-state index contributed by atoms with van der Waals surface area (Å²) in [6.07, 6.45) is 1.75. The Morgan fingerprint density at radius 2 is 2.04 bits per heavy atom. The third-order valence-corrected chi connectivity index (χ3v) is 5.93. The van der Waals surface area contributed by atoms with Gasteiger partial charge in [-0.1, -0.05) is 39.7 Å². The summed E-state index contributed by atoms with van der Waals surface area (Å²) in [7, 11) is 0. The molecule has 1 heterocycles. The maximum Gasteiger partial charge on any atom is 0.257 e. The van der Waals surface area contributed by atoms with E-state index in [4.69, 9.17) is 21.1 Å². The van der Waals surface area contributed by atoms with Crippen LogP contribution in [0.1, 0.15) is 24.0 Å². The zero-order valence-electron chi connectivity index (χ0n) is 15.3. The quantitative estimate of drug-likeness (QED) is 0.694. The summed E-state index contributed by atoms with van der Waals surface area (Å²) in [5, 5.41) is 3.73. The Hall–Kier alpha value is -1.56. The summed E-state index contributed by atoms with van der Waals surface area (Å²) in [4.78, 5) is 12.3. The second-order valence-electron chi connectivity index (χ2n) is 6.88. The Morgan fingerprint density at radius 1 is 1.26 bits per heavy atom. The van der Waals surface area contributed by atoms with Crippen molar-refractivity contribution in [2.24, 2.45) is 0 Å². The van der Waals surface area contributed by atoms with Crippen molar-refractivity contribution in [3.8, 4) is 5.75 Å². The maximum absolute atomic E-state index is 12.3. The van der Waals surface area contributed by atoms with Crippen LogP contribution < -0.4 is 10.1 Å². The predicted molar refractivity (Wildman–Crippen MR) is 111 cm³/mol.